The van der Waals surface area contributed by atoms with Gasteiger partial charge in [0.2, 0.25) is 5.91 Å². The quantitative estimate of drug-likeness (QED) is 0.835. The van der Waals surface area contributed by atoms with Crippen molar-refractivity contribution in [2.24, 2.45) is 0 Å². The van der Waals surface area contributed by atoms with Crippen LogP contribution in [0.1, 0.15) is 11.6 Å². The van der Waals surface area contributed by atoms with Crippen LogP contribution in [0.5, 0.6) is 0 Å². The first-order valence-corrected chi connectivity index (χ1v) is 7.98. The zero-order chi connectivity index (χ0) is 17.9. The number of benzene rings is 1. The molecule has 1 aromatic carbocycles. The average Bonchev–Trinajstić information content (AvgIpc) is 2.55. The number of halogens is 1. The van der Waals surface area contributed by atoms with Crippen LogP contribution in [0, 0.1) is 5.82 Å². The Balaban J connectivity index is 2.10. The Kier molecular flexibility index (Phi) is 5.77. The van der Waals surface area contributed by atoms with E-state index in [2.05, 4.69) is 0 Å². The molecule has 0 aromatic heterocycles. The Labute approximate surface area is 142 Å². The van der Waals surface area contributed by atoms with E-state index in [0.29, 0.717) is 31.7 Å². The minimum atomic E-state index is -0.665. The molecule has 3 amide bonds. The lowest BCUT2D eigenvalue weighted by atomic mass is 10.0. The van der Waals surface area contributed by atoms with Crippen LogP contribution in [0.25, 0.3) is 0 Å². The summed E-state index contributed by atoms with van der Waals surface area (Å²) in [6.45, 7) is 1.88. The molecule has 1 fully saturated rings. The summed E-state index contributed by atoms with van der Waals surface area (Å²) in [6, 6.07) is 5.64. The van der Waals surface area contributed by atoms with Gasteiger partial charge in [0.1, 0.15) is 11.9 Å². The Hall–Kier alpha value is -2.15. The standard InChI is InChI=1S/C17H25FN4O2/c1-19(2)15(13-7-5-6-8-14(13)18)16(23)21-9-11-22(12-10-21)17(24)20(3)4/h5-8,15H,9-12H2,1-4H3/t15-/m0/s1. The normalized spacial score (nSPS) is 16.2. The highest BCUT2D eigenvalue weighted by atomic mass is 19.1. The maximum atomic E-state index is 14.1. The van der Waals surface area contributed by atoms with Crippen molar-refractivity contribution >= 4 is 11.9 Å². The SMILES string of the molecule is CN(C)C(=O)N1CCN(C(=O)[C@H](c2ccccc2F)N(C)C)CC1. The average molecular weight is 336 g/mol. The van der Waals surface area contributed by atoms with Gasteiger partial charge in [-0.1, -0.05) is 18.2 Å². The van der Waals surface area contributed by atoms with Crippen molar-refractivity contribution in [1.82, 2.24) is 19.6 Å². The summed E-state index contributed by atoms with van der Waals surface area (Å²) in [5.41, 5.74) is 0.374. The monoisotopic (exact) mass is 336 g/mol. The molecule has 1 aliphatic rings. The molecule has 1 saturated heterocycles. The number of hydrogen-bond donors (Lipinski definition) is 0. The number of urea groups is 1. The molecule has 0 N–H and O–H groups in total. The molecule has 0 saturated carbocycles. The lowest BCUT2D eigenvalue weighted by Crippen LogP contribution is -2.54. The van der Waals surface area contributed by atoms with Gasteiger partial charge >= 0.3 is 6.03 Å². The second-order valence-corrected chi connectivity index (χ2v) is 6.38. The van der Waals surface area contributed by atoms with Crippen LogP contribution >= 0.6 is 0 Å². The zero-order valence-corrected chi connectivity index (χ0v) is 14.7. The maximum absolute atomic E-state index is 14.1. The number of piperazine rings is 1. The molecular formula is C17H25FN4O2. The molecule has 0 spiro atoms. The lowest BCUT2D eigenvalue weighted by molar-refractivity contribution is -0.138. The van der Waals surface area contributed by atoms with Crippen molar-refractivity contribution in [3.8, 4) is 0 Å². The van der Waals surface area contributed by atoms with Crippen LogP contribution in [-0.4, -0.2) is 85.9 Å². The fourth-order valence-corrected chi connectivity index (χ4v) is 2.90. The van der Waals surface area contributed by atoms with Crippen molar-refractivity contribution < 1.29 is 14.0 Å². The second-order valence-electron chi connectivity index (χ2n) is 6.38. The predicted molar refractivity (Wildman–Crippen MR) is 90.1 cm³/mol. The van der Waals surface area contributed by atoms with Crippen LogP contribution in [-0.2, 0) is 4.79 Å². The number of nitrogens with zero attached hydrogens (tertiary/aromatic N) is 4. The van der Waals surface area contributed by atoms with Gasteiger partial charge in [0.25, 0.3) is 0 Å². The van der Waals surface area contributed by atoms with Crippen molar-refractivity contribution in [2.75, 3.05) is 54.4 Å². The zero-order valence-electron chi connectivity index (χ0n) is 14.7. The third-order valence-corrected chi connectivity index (χ3v) is 4.19. The summed E-state index contributed by atoms with van der Waals surface area (Å²) < 4.78 is 14.1. The van der Waals surface area contributed by atoms with E-state index in [4.69, 9.17) is 0 Å². The highest BCUT2D eigenvalue weighted by molar-refractivity contribution is 5.84. The summed E-state index contributed by atoms with van der Waals surface area (Å²) in [5.74, 6) is -0.520. The van der Waals surface area contributed by atoms with Gasteiger partial charge in [-0.3, -0.25) is 9.69 Å². The van der Waals surface area contributed by atoms with Gasteiger partial charge in [0.05, 0.1) is 0 Å². The van der Waals surface area contributed by atoms with E-state index in [1.807, 2.05) is 0 Å². The van der Waals surface area contributed by atoms with Crippen molar-refractivity contribution in [2.45, 2.75) is 6.04 Å². The Morgan fingerprint density at radius 3 is 2.04 bits per heavy atom. The smallest absolute Gasteiger partial charge is 0.319 e. The predicted octanol–water partition coefficient (Wildman–Crippen LogP) is 1.25. The molecule has 7 heteroatoms. The molecule has 0 unspecified atom stereocenters. The Bertz CT molecular complexity index is 598. The molecule has 2 rings (SSSR count). The minimum Gasteiger partial charge on any atom is -0.337 e. The molecule has 1 heterocycles. The van der Waals surface area contributed by atoms with Crippen molar-refractivity contribution in [3.05, 3.63) is 35.6 Å². The molecule has 132 valence electrons. The van der Waals surface area contributed by atoms with E-state index >= 15 is 0 Å². The van der Waals surface area contributed by atoms with Crippen molar-refractivity contribution in [1.29, 1.82) is 0 Å². The summed E-state index contributed by atoms with van der Waals surface area (Å²) >= 11 is 0. The highest BCUT2D eigenvalue weighted by Gasteiger charge is 2.32. The van der Waals surface area contributed by atoms with Gasteiger partial charge in [-0.05, 0) is 20.2 Å². The fraction of sp³-hybridized carbons (Fsp3) is 0.529. The summed E-state index contributed by atoms with van der Waals surface area (Å²) in [6.07, 6.45) is 0. The van der Waals surface area contributed by atoms with E-state index in [0.717, 1.165) is 0 Å². The number of likely N-dealkylation sites (N-methyl/N-ethyl adjacent to an activating group) is 1. The number of hydrogen-bond acceptors (Lipinski definition) is 3. The van der Waals surface area contributed by atoms with Gasteiger partial charge < -0.3 is 14.7 Å². The molecule has 1 atom stereocenters. The van der Waals surface area contributed by atoms with Crippen LogP contribution in [0.4, 0.5) is 9.18 Å². The molecule has 1 aliphatic heterocycles. The number of carbonyl (C=O) groups excluding carboxylic acids is 2. The summed E-state index contributed by atoms with van der Waals surface area (Å²) in [5, 5.41) is 0. The van der Waals surface area contributed by atoms with Gasteiger partial charge in [0, 0.05) is 45.8 Å². The molecule has 24 heavy (non-hydrogen) atoms. The second kappa shape index (κ2) is 7.61. The lowest BCUT2D eigenvalue weighted by Gasteiger charge is -2.38. The van der Waals surface area contributed by atoms with Crippen LogP contribution < -0.4 is 0 Å². The molecule has 0 aliphatic carbocycles. The molecular weight excluding hydrogens is 311 g/mol. The summed E-state index contributed by atoms with van der Waals surface area (Å²) in [7, 11) is 6.95. The van der Waals surface area contributed by atoms with Crippen LogP contribution in [0.2, 0.25) is 0 Å². The molecule has 0 bridgehead atoms. The first-order chi connectivity index (χ1) is 11.3. The van der Waals surface area contributed by atoms with Crippen LogP contribution in [0.3, 0.4) is 0 Å². The first-order valence-electron chi connectivity index (χ1n) is 7.98. The number of amides is 3. The van der Waals surface area contributed by atoms with E-state index in [-0.39, 0.29) is 17.8 Å². The van der Waals surface area contributed by atoms with Crippen molar-refractivity contribution in [3.63, 3.8) is 0 Å². The third-order valence-electron chi connectivity index (χ3n) is 4.19. The third kappa shape index (κ3) is 3.84. The largest absolute Gasteiger partial charge is 0.337 e. The maximum Gasteiger partial charge on any atom is 0.319 e. The van der Waals surface area contributed by atoms with Gasteiger partial charge in [-0.2, -0.15) is 0 Å². The van der Waals surface area contributed by atoms with E-state index < -0.39 is 6.04 Å². The van der Waals surface area contributed by atoms with Gasteiger partial charge in [0.15, 0.2) is 0 Å². The molecule has 1 aromatic rings. The molecule has 0 radical (unpaired) electrons. The molecule has 6 nitrogen and oxygen atoms in total. The Morgan fingerprint density at radius 2 is 1.54 bits per heavy atom. The minimum absolute atomic E-state index is 0.0552. The topological polar surface area (TPSA) is 47.1 Å². The number of rotatable bonds is 3. The van der Waals surface area contributed by atoms with E-state index in [9.17, 15) is 14.0 Å². The van der Waals surface area contributed by atoms with E-state index in [1.54, 1.807) is 61.1 Å². The van der Waals surface area contributed by atoms with Crippen LogP contribution in [0.15, 0.2) is 24.3 Å². The van der Waals surface area contributed by atoms with Gasteiger partial charge in [-0.15, -0.1) is 0 Å². The van der Waals surface area contributed by atoms with E-state index in [1.165, 1.54) is 11.0 Å². The number of carbonyl (C=O) groups is 2. The first kappa shape index (κ1) is 18.2. The fourth-order valence-electron chi connectivity index (χ4n) is 2.90. The summed E-state index contributed by atoms with van der Waals surface area (Å²) in [4.78, 5) is 31.6. The van der Waals surface area contributed by atoms with Gasteiger partial charge in [-0.25, -0.2) is 9.18 Å². The Morgan fingerprint density at radius 1 is 1.00 bits per heavy atom. The highest BCUT2D eigenvalue weighted by Crippen LogP contribution is 2.24.